The molecular weight excluding hydrogens is 195 g/mol. The molecule has 0 atom stereocenters. The van der Waals surface area contributed by atoms with Crippen LogP contribution in [0.15, 0.2) is 15.8 Å². The molecule has 1 aromatic heterocycles. The zero-order valence-electron chi connectivity index (χ0n) is 7.24. The minimum Gasteiger partial charge on any atom is -0.444 e. The van der Waals surface area contributed by atoms with Gasteiger partial charge in [0.25, 0.3) is 5.56 Å². The molecule has 14 heavy (non-hydrogen) atoms. The Morgan fingerprint density at radius 1 is 1.64 bits per heavy atom. The minimum absolute atomic E-state index is 0.429. The highest BCUT2D eigenvalue weighted by atomic mass is 19.1. The molecule has 0 unspecified atom stereocenters. The lowest BCUT2D eigenvalue weighted by atomic mass is 10.6. The van der Waals surface area contributed by atoms with Crippen molar-refractivity contribution >= 4 is 5.97 Å². The SMILES string of the molecule is CC(=O)OCn1cc(F)c(=O)[nH]c1=O. The van der Waals surface area contributed by atoms with Crippen molar-refractivity contribution in [3.8, 4) is 0 Å². The fourth-order valence-electron chi connectivity index (χ4n) is 0.739. The molecule has 0 aliphatic rings. The van der Waals surface area contributed by atoms with Gasteiger partial charge in [0.1, 0.15) is 0 Å². The van der Waals surface area contributed by atoms with Gasteiger partial charge in [-0.2, -0.15) is 4.39 Å². The van der Waals surface area contributed by atoms with Crippen molar-refractivity contribution in [3.05, 3.63) is 32.9 Å². The molecule has 76 valence electrons. The number of nitrogens with zero attached hydrogens (tertiary/aromatic N) is 1. The van der Waals surface area contributed by atoms with Gasteiger partial charge in [0.15, 0.2) is 6.73 Å². The number of hydrogen-bond acceptors (Lipinski definition) is 4. The molecule has 0 bridgehead atoms. The largest absolute Gasteiger partial charge is 0.444 e. The Bertz CT molecular complexity index is 461. The Balaban J connectivity index is 2.99. The highest BCUT2D eigenvalue weighted by Crippen LogP contribution is 1.86. The third-order valence-electron chi connectivity index (χ3n) is 1.37. The van der Waals surface area contributed by atoms with E-state index in [-0.39, 0.29) is 0 Å². The molecule has 0 fully saturated rings. The smallest absolute Gasteiger partial charge is 0.331 e. The van der Waals surface area contributed by atoms with E-state index >= 15 is 0 Å². The topological polar surface area (TPSA) is 81.2 Å². The highest BCUT2D eigenvalue weighted by Gasteiger charge is 2.03. The normalized spacial score (nSPS) is 9.86. The quantitative estimate of drug-likeness (QED) is 0.636. The van der Waals surface area contributed by atoms with Crippen LogP contribution in [0.4, 0.5) is 4.39 Å². The van der Waals surface area contributed by atoms with Crippen LogP contribution in [0.1, 0.15) is 6.92 Å². The number of rotatable bonds is 2. The van der Waals surface area contributed by atoms with Gasteiger partial charge >= 0.3 is 11.7 Å². The molecule has 1 N–H and O–H groups in total. The summed E-state index contributed by atoms with van der Waals surface area (Å²) in [6, 6.07) is 0. The molecule has 1 rings (SSSR count). The van der Waals surface area contributed by atoms with E-state index < -0.39 is 29.8 Å². The molecule has 0 saturated heterocycles. The number of aromatic amines is 1. The first-order chi connectivity index (χ1) is 6.50. The molecule has 7 heteroatoms. The van der Waals surface area contributed by atoms with Crippen LogP contribution < -0.4 is 11.2 Å². The summed E-state index contributed by atoms with van der Waals surface area (Å²) in [5.74, 6) is -1.72. The van der Waals surface area contributed by atoms with Gasteiger partial charge in [-0.3, -0.25) is 19.1 Å². The highest BCUT2D eigenvalue weighted by molar-refractivity contribution is 5.65. The molecular formula is C7H7FN2O4. The van der Waals surface area contributed by atoms with Crippen LogP contribution in [0.5, 0.6) is 0 Å². The molecule has 0 aliphatic heterocycles. The van der Waals surface area contributed by atoms with Crippen LogP contribution in [-0.4, -0.2) is 15.5 Å². The molecule has 0 radical (unpaired) electrons. The number of esters is 1. The van der Waals surface area contributed by atoms with Crippen LogP contribution in [0, 0.1) is 5.82 Å². The van der Waals surface area contributed by atoms with Crippen LogP contribution in [0.25, 0.3) is 0 Å². The van der Waals surface area contributed by atoms with Crippen molar-refractivity contribution in [2.75, 3.05) is 0 Å². The number of ether oxygens (including phenoxy) is 1. The maximum atomic E-state index is 12.6. The van der Waals surface area contributed by atoms with E-state index in [9.17, 15) is 18.8 Å². The van der Waals surface area contributed by atoms with Gasteiger partial charge in [0.05, 0.1) is 6.20 Å². The van der Waals surface area contributed by atoms with Crippen LogP contribution in [-0.2, 0) is 16.3 Å². The van der Waals surface area contributed by atoms with E-state index in [4.69, 9.17) is 0 Å². The predicted octanol–water partition coefficient (Wildman–Crippen LogP) is -0.804. The molecule has 0 aliphatic carbocycles. The second-order valence-electron chi connectivity index (χ2n) is 2.47. The fourth-order valence-corrected chi connectivity index (χ4v) is 0.739. The minimum atomic E-state index is -1.11. The number of carbonyl (C=O) groups is 1. The van der Waals surface area contributed by atoms with Gasteiger partial charge in [0.2, 0.25) is 5.82 Å². The van der Waals surface area contributed by atoms with Gasteiger partial charge in [-0.25, -0.2) is 4.79 Å². The lowest BCUT2D eigenvalue weighted by Crippen LogP contribution is -2.32. The summed E-state index contributed by atoms with van der Waals surface area (Å²) in [6.45, 7) is 0.717. The first-order valence-corrected chi connectivity index (χ1v) is 3.63. The summed E-state index contributed by atoms with van der Waals surface area (Å²) in [5, 5.41) is 0. The fraction of sp³-hybridized carbons (Fsp3) is 0.286. The van der Waals surface area contributed by atoms with E-state index in [2.05, 4.69) is 4.74 Å². The maximum absolute atomic E-state index is 12.6. The molecule has 0 saturated carbocycles. The van der Waals surface area contributed by atoms with Gasteiger partial charge in [0, 0.05) is 6.92 Å². The Hall–Kier alpha value is -1.92. The molecule has 1 heterocycles. The van der Waals surface area contributed by atoms with Crippen LogP contribution in [0.3, 0.4) is 0 Å². The zero-order valence-corrected chi connectivity index (χ0v) is 7.24. The lowest BCUT2D eigenvalue weighted by molar-refractivity contribution is -0.144. The van der Waals surface area contributed by atoms with Crippen LogP contribution >= 0.6 is 0 Å². The number of carbonyl (C=O) groups excluding carboxylic acids is 1. The van der Waals surface area contributed by atoms with E-state index in [1.54, 1.807) is 4.98 Å². The second-order valence-corrected chi connectivity index (χ2v) is 2.47. The number of halogens is 1. The monoisotopic (exact) mass is 202 g/mol. The third kappa shape index (κ3) is 2.28. The summed E-state index contributed by atoms with van der Waals surface area (Å²) in [4.78, 5) is 33.6. The van der Waals surface area contributed by atoms with E-state index in [1.807, 2.05) is 0 Å². The Morgan fingerprint density at radius 2 is 2.29 bits per heavy atom. The Morgan fingerprint density at radius 3 is 2.86 bits per heavy atom. The Labute approximate surface area is 76.9 Å². The van der Waals surface area contributed by atoms with Gasteiger partial charge < -0.3 is 4.74 Å². The van der Waals surface area contributed by atoms with Crippen LogP contribution in [0.2, 0.25) is 0 Å². The van der Waals surface area contributed by atoms with Crippen molar-refractivity contribution in [2.45, 2.75) is 13.7 Å². The zero-order chi connectivity index (χ0) is 10.7. The third-order valence-corrected chi connectivity index (χ3v) is 1.37. The maximum Gasteiger partial charge on any atom is 0.331 e. The van der Waals surface area contributed by atoms with Crippen molar-refractivity contribution in [1.82, 2.24) is 9.55 Å². The summed E-state index contributed by atoms with van der Waals surface area (Å²) >= 11 is 0. The van der Waals surface area contributed by atoms with Crippen molar-refractivity contribution in [1.29, 1.82) is 0 Å². The summed E-state index contributed by atoms with van der Waals surface area (Å²) < 4.78 is 17.8. The van der Waals surface area contributed by atoms with Crippen molar-refractivity contribution < 1.29 is 13.9 Å². The first-order valence-electron chi connectivity index (χ1n) is 3.63. The van der Waals surface area contributed by atoms with Crippen molar-refractivity contribution in [3.63, 3.8) is 0 Å². The first kappa shape index (κ1) is 10.2. The molecule has 0 amide bonds. The number of nitrogens with one attached hydrogen (secondary N) is 1. The lowest BCUT2D eigenvalue weighted by Gasteiger charge is -2.03. The Kier molecular flexibility index (Phi) is 2.80. The molecule has 0 aromatic carbocycles. The predicted molar refractivity (Wildman–Crippen MR) is 43.0 cm³/mol. The summed E-state index contributed by atoms with van der Waals surface area (Å²) in [6.07, 6.45) is 0.671. The van der Waals surface area contributed by atoms with Crippen molar-refractivity contribution in [2.24, 2.45) is 0 Å². The summed E-state index contributed by atoms with van der Waals surface area (Å²) in [5.41, 5.74) is -1.94. The van der Waals surface area contributed by atoms with E-state index in [0.29, 0.717) is 6.20 Å². The average Bonchev–Trinajstić information content (AvgIpc) is 2.09. The molecule has 6 nitrogen and oxygen atoms in total. The number of aromatic nitrogens is 2. The second kappa shape index (κ2) is 3.86. The van der Waals surface area contributed by atoms with Gasteiger partial charge in [-0.1, -0.05) is 0 Å². The van der Waals surface area contributed by atoms with Gasteiger partial charge in [-0.15, -0.1) is 0 Å². The van der Waals surface area contributed by atoms with Gasteiger partial charge in [-0.05, 0) is 0 Å². The van der Waals surface area contributed by atoms with E-state index in [1.165, 1.54) is 0 Å². The number of hydrogen-bond donors (Lipinski definition) is 1. The summed E-state index contributed by atoms with van der Waals surface area (Å²) in [7, 11) is 0. The number of H-pyrrole nitrogens is 1. The van der Waals surface area contributed by atoms with E-state index in [0.717, 1.165) is 11.5 Å². The molecule has 1 aromatic rings. The molecule has 0 spiro atoms. The average molecular weight is 202 g/mol. The standard InChI is InChI=1S/C7H7FN2O4/c1-4(11)14-3-10-2-5(8)6(12)9-7(10)13/h2H,3H2,1H3,(H,9,12,13).